The number of hydrogen-bond acceptors (Lipinski definition) is 2. The molecule has 1 aromatic heterocycles. The molecule has 0 aromatic carbocycles. The van der Waals surface area contributed by atoms with Crippen LogP contribution in [0.2, 0.25) is 0 Å². The Morgan fingerprint density at radius 1 is 1.60 bits per heavy atom. The number of ether oxygens (including phenoxy) is 1. The first-order chi connectivity index (χ1) is 4.97. The van der Waals surface area contributed by atoms with E-state index in [1.165, 1.54) is 0 Å². The summed E-state index contributed by atoms with van der Waals surface area (Å²) in [5.74, 6) is 0. The van der Waals surface area contributed by atoms with Crippen LogP contribution in [0.25, 0.3) is 0 Å². The summed E-state index contributed by atoms with van der Waals surface area (Å²) in [6, 6.07) is 4.93. The molecule has 0 fully saturated rings. The first kappa shape index (κ1) is 5.86. The van der Waals surface area contributed by atoms with Gasteiger partial charge in [0.1, 0.15) is 0 Å². The highest BCUT2D eigenvalue weighted by Crippen LogP contribution is 2.11. The fourth-order valence-electron chi connectivity index (χ4n) is 1.11. The molecule has 0 saturated heterocycles. The lowest BCUT2D eigenvalue weighted by atomic mass is 10.1. The number of hydrogen-bond donors (Lipinski definition) is 0. The van der Waals surface area contributed by atoms with Gasteiger partial charge < -0.3 is 4.74 Å². The average Bonchev–Trinajstić information content (AvgIpc) is 2.05. The minimum Gasteiger partial charge on any atom is -0.376 e. The van der Waals surface area contributed by atoms with Crippen LogP contribution in [-0.4, -0.2) is 11.6 Å². The smallest absolute Gasteiger partial charge is 0.0740 e. The molecule has 0 saturated carbocycles. The van der Waals surface area contributed by atoms with Gasteiger partial charge in [0.25, 0.3) is 0 Å². The lowest BCUT2D eigenvalue weighted by Crippen LogP contribution is -2.10. The van der Waals surface area contributed by atoms with Crippen molar-refractivity contribution in [3.8, 4) is 0 Å². The van der Waals surface area contributed by atoms with E-state index >= 15 is 0 Å². The molecule has 2 nitrogen and oxygen atoms in total. The number of fused-ring (bicyclic) bond motifs is 1. The molecule has 2 heteroatoms. The molecule has 0 N–H and O–H groups in total. The van der Waals surface area contributed by atoms with Crippen LogP contribution in [0.1, 0.15) is 11.3 Å². The van der Waals surface area contributed by atoms with Gasteiger partial charge in [-0.15, -0.1) is 0 Å². The van der Waals surface area contributed by atoms with Gasteiger partial charge in [-0.2, -0.15) is 0 Å². The van der Waals surface area contributed by atoms with Crippen molar-refractivity contribution in [1.29, 1.82) is 0 Å². The normalized spacial score (nSPS) is 16.4. The molecule has 0 amide bonds. The van der Waals surface area contributed by atoms with Gasteiger partial charge in [-0.1, -0.05) is 0 Å². The van der Waals surface area contributed by atoms with E-state index < -0.39 is 0 Å². The third-order valence-corrected chi connectivity index (χ3v) is 1.64. The maximum absolute atomic E-state index is 5.22. The topological polar surface area (TPSA) is 22.1 Å². The van der Waals surface area contributed by atoms with Gasteiger partial charge in [0.05, 0.1) is 13.2 Å². The Labute approximate surface area is 59.9 Å². The van der Waals surface area contributed by atoms with Crippen LogP contribution >= 0.6 is 0 Å². The summed E-state index contributed by atoms with van der Waals surface area (Å²) in [5, 5.41) is 0. The second-order valence-corrected chi connectivity index (χ2v) is 2.32. The van der Waals surface area contributed by atoms with Crippen LogP contribution in [0.4, 0.5) is 0 Å². The van der Waals surface area contributed by atoms with Crippen molar-refractivity contribution in [2.45, 2.75) is 13.0 Å². The molecule has 1 radical (unpaired) electrons. The van der Waals surface area contributed by atoms with E-state index in [2.05, 4.69) is 11.1 Å². The minimum atomic E-state index is 0.684. The Kier molecular flexibility index (Phi) is 1.40. The van der Waals surface area contributed by atoms with Crippen LogP contribution in [-0.2, 0) is 17.8 Å². The number of nitrogens with zero attached hydrogens (tertiary/aromatic N) is 1. The predicted molar refractivity (Wildman–Crippen MR) is 36.4 cm³/mol. The fraction of sp³-hybridized carbons (Fsp3) is 0.375. The van der Waals surface area contributed by atoms with Gasteiger partial charge in [0.15, 0.2) is 0 Å². The van der Waals surface area contributed by atoms with Crippen molar-refractivity contribution in [3.05, 3.63) is 29.6 Å². The first-order valence-corrected chi connectivity index (χ1v) is 3.39. The number of aromatic nitrogens is 1. The summed E-state index contributed by atoms with van der Waals surface area (Å²) in [7, 11) is 0. The van der Waals surface area contributed by atoms with Crippen molar-refractivity contribution in [2.75, 3.05) is 6.61 Å². The lowest BCUT2D eigenvalue weighted by Gasteiger charge is -2.13. The van der Waals surface area contributed by atoms with E-state index in [0.29, 0.717) is 6.61 Å². The quantitative estimate of drug-likeness (QED) is 0.527. The van der Waals surface area contributed by atoms with E-state index in [4.69, 9.17) is 4.74 Å². The zero-order valence-corrected chi connectivity index (χ0v) is 5.63. The molecule has 2 heterocycles. The van der Waals surface area contributed by atoms with Crippen LogP contribution in [0.3, 0.4) is 0 Å². The van der Waals surface area contributed by atoms with Gasteiger partial charge in [0, 0.05) is 23.9 Å². The van der Waals surface area contributed by atoms with Crippen molar-refractivity contribution in [3.63, 3.8) is 0 Å². The largest absolute Gasteiger partial charge is 0.376 e. The molecule has 1 aromatic rings. The van der Waals surface area contributed by atoms with Crippen LogP contribution in [0.15, 0.2) is 12.3 Å². The van der Waals surface area contributed by atoms with Gasteiger partial charge >= 0.3 is 0 Å². The Morgan fingerprint density at radius 2 is 2.60 bits per heavy atom. The van der Waals surface area contributed by atoms with Crippen molar-refractivity contribution in [2.24, 2.45) is 0 Å². The average molecular weight is 134 g/mol. The molecule has 0 spiro atoms. The van der Waals surface area contributed by atoms with Crippen molar-refractivity contribution >= 4 is 0 Å². The molecule has 0 aliphatic carbocycles. The molecule has 51 valence electrons. The molecule has 1 aliphatic rings. The summed E-state index contributed by atoms with van der Waals surface area (Å²) in [6.07, 6.45) is 2.72. The Balaban J connectivity index is 2.41. The molecular weight excluding hydrogens is 126 g/mol. The summed E-state index contributed by atoms with van der Waals surface area (Å²) in [6.45, 7) is 1.49. The van der Waals surface area contributed by atoms with E-state index in [1.807, 2.05) is 6.07 Å². The number of pyridine rings is 1. The second-order valence-electron chi connectivity index (χ2n) is 2.32. The SMILES string of the molecule is [c]1ccnc2c1COCC2. The van der Waals surface area contributed by atoms with Crippen LogP contribution in [0, 0.1) is 6.07 Å². The van der Waals surface area contributed by atoms with Gasteiger partial charge in [-0.05, 0) is 12.1 Å². The van der Waals surface area contributed by atoms with E-state index in [0.717, 1.165) is 24.3 Å². The highest BCUT2D eigenvalue weighted by atomic mass is 16.5. The third kappa shape index (κ3) is 0.907. The molecule has 0 bridgehead atoms. The summed E-state index contributed by atoms with van der Waals surface area (Å²) in [5.41, 5.74) is 2.27. The van der Waals surface area contributed by atoms with Gasteiger partial charge in [0.2, 0.25) is 0 Å². The first-order valence-electron chi connectivity index (χ1n) is 3.39. The maximum Gasteiger partial charge on any atom is 0.0740 e. The highest BCUT2D eigenvalue weighted by Gasteiger charge is 2.08. The molecule has 0 unspecified atom stereocenters. The Hall–Kier alpha value is -0.890. The lowest BCUT2D eigenvalue weighted by molar-refractivity contribution is 0.109. The maximum atomic E-state index is 5.22. The summed E-state index contributed by atoms with van der Waals surface area (Å²) in [4.78, 5) is 4.21. The van der Waals surface area contributed by atoms with Crippen LogP contribution in [0.5, 0.6) is 0 Å². The van der Waals surface area contributed by atoms with Gasteiger partial charge in [-0.25, -0.2) is 0 Å². The highest BCUT2D eigenvalue weighted by molar-refractivity contribution is 5.18. The molecule has 10 heavy (non-hydrogen) atoms. The van der Waals surface area contributed by atoms with Crippen molar-refractivity contribution < 1.29 is 4.74 Å². The minimum absolute atomic E-state index is 0.684. The number of rotatable bonds is 0. The fourth-order valence-corrected chi connectivity index (χ4v) is 1.11. The summed E-state index contributed by atoms with van der Waals surface area (Å²) < 4.78 is 5.22. The van der Waals surface area contributed by atoms with Crippen LogP contribution < -0.4 is 0 Å². The van der Waals surface area contributed by atoms with Crippen molar-refractivity contribution in [1.82, 2.24) is 4.98 Å². The molecule has 2 rings (SSSR count). The third-order valence-electron chi connectivity index (χ3n) is 1.64. The summed E-state index contributed by atoms with van der Waals surface area (Å²) >= 11 is 0. The molecular formula is C8H8NO. The zero-order valence-electron chi connectivity index (χ0n) is 5.63. The predicted octanol–water partition coefficient (Wildman–Crippen LogP) is 0.954. The van der Waals surface area contributed by atoms with E-state index in [9.17, 15) is 0 Å². The zero-order chi connectivity index (χ0) is 6.81. The standard InChI is InChI=1S/C8H8NO/c1-2-7-6-10-5-3-8(7)9-4-1/h1,4H,3,5-6H2. The van der Waals surface area contributed by atoms with E-state index in [1.54, 1.807) is 6.20 Å². The molecule has 1 aliphatic heterocycles. The Bertz CT molecular complexity index is 209. The monoisotopic (exact) mass is 134 g/mol. The van der Waals surface area contributed by atoms with Gasteiger partial charge in [-0.3, -0.25) is 4.98 Å². The Morgan fingerprint density at radius 3 is 3.50 bits per heavy atom. The van der Waals surface area contributed by atoms with E-state index in [-0.39, 0.29) is 0 Å². The second kappa shape index (κ2) is 2.39. The molecule has 0 atom stereocenters.